The first-order valence-electron chi connectivity index (χ1n) is 3.77. The van der Waals surface area contributed by atoms with Gasteiger partial charge in [-0.2, -0.15) is 0 Å². The Hall–Kier alpha value is -0.0600. The molecule has 0 bridgehead atoms. The van der Waals surface area contributed by atoms with Crippen LogP contribution in [-0.2, 0) is 0 Å². The zero-order valence-electron chi connectivity index (χ0n) is 7.02. The van der Waals surface area contributed by atoms with E-state index in [1.54, 1.807) is 6.08 Å². The molecular formula is C8H15IN2. The highest BCUT2D eigenvalue weighted by Crippen LogP contribution is 2.02. The van der Waals surface area contributed by atoms with Gasteiger partial charge in [0.2, 0.25) is 0 Å². The largest absolute Gasteiger partial charge is 0.380 e. The van der Waals surface area contributed by atoms with Crippen molar-refractivity contribution in [3.05, 3.63) is 9.78 Å². The van der Waals surface area contributed by atoms with Crippen molar-refractivity contribution in [1.29, 1.82) is 5.41 Å². The Kier molecular flexibility index (Phi) is 6.60. The molecule has 0 atom stereocenters. The Bertz CT molecular complexity index is 141. The van der Waals surface area contributed by atoms with Gasteiger partial charge in [-0.25, -0.2) is 0 Å². The van der Waals surface area contributed by atoms with Gasteiger partial charge in [0.05, 0.1) is 3.70 Å². The van der Waals surface area contributed by atoms with Gasteiger partial charge in [-0.1, -0.05) is 13.8 Å². The molecule has 3 heteroatoms. The Morgan fingerprint density at radius 1 is 1.64 bits per heavy atom. The van der Waals surface area contributed by atoms with Crippen molar-refractivity contribution in [1.82, 2.24) is 5.32 Å². The zero-order chi connectivity index (χ0) is 8.69. The third-order valence-corrected chi connectivity index (χ3v) is 1.99. The lowest BCUT2D eigenvalue weighted by Gasteiger charge is -2.06. The van der Waals surface area contributed by atoms with Gasteiger partial charge in [0.25, 0.3) is 0 Å². The van der Waals surface area contributed by atoms with Crippen molar-refractivity contribution in [2.45, 2.75) is 20.3 Å². The fraction of sp³-hybridized carbons (Fsp3) is 0.625. The van der Waals surface area contributed by atoms with Gasteiger partial charge in [0, 0.05) is 12.8 Å². The van der Waals surface area contributed by atoms with Gasteiger partial charge >= 0.3 is 0 Å². The second-order valence-electron chi connectivity index (χ2n) is 2.79. The van der Waals surface area contributed by atoms with Crippen LogP contribution >= 0.6 is 22.6 Å². The Morgan fingerprint density at radius 3 is 2.73 bits per heavy atom. The Balaban J connectivity index is 3.38. The first kappa shape index (κ1) is 10.9. The van der Waals surface area contributed by atoms with Crippen molar-refractivity contribution in [2.75, 3.05) is 6.54 Å². The molecule has 0 radical (unpaired) electrons. The maximum atomic E-state index is 6.81. The molecule has 0 aromatic rings. The van der Waals surface area contributed by atoms with Crippen LogP contribution in [0.15, 0.2) is 9.78 Å². The van der Waals surface area contributed by atoms with Crippen molar-refractivity contribution in [3.8, 4) is 0 Å². The second-order valence-corrected chi connectivity index (χ2v) is 3.95. The normalized spacial score (nSPS) is 11.8. The molecule has 64 valence electrons. The van der Waals surface area contributed by atoms with Crippen LogP contribution in [0.4, 0.5) is 0 Å². The van der Waals surface area contributed by atoms with Crippen LogP contribution in [0.2, 0.25) is 0 Å². The first-order valence-corrected chi connectivity index (χ1v) is 4.84. The molecule has 0 aliphatic carbocycles. The highest BCUT2D eigenvalue weighted by Gasteiger charge is 1.92. The molecule has 0 unspecified atom stereocenters. The van der Waals surface area contributed by atoms with E-state index in [1.165, 1.54) is 12.6 Å². The molecule has 0 fully saturated rings. The third-order valence-electron chi connectivity index (χ3n) is 1.25. The van der Waals surface area contributed by atoms with E-state index >= 15 is 0 Å². The van der Waals surface area contributed by atoms with Crippen molar-refractivity contribution < 1.29 is 0 Å². The van der Waals surface area contributed by atoms with Crippen LogP contribution in [0.25, 0.3) is 0 Å². The van der Waals surface area contributed by atoms with Crippen molar-refractivity contribution in [2.24, 2.45) is 5.92 Å². The van der Waals surface area contributed by atoms with E-state index in [1.807, 2.05) is 0 Å². The molecule has 0 aromatic heterocycles. The van der Waals surface area contributed by atoms with E-state index in [9.17, 15) is 0 Å². The summed E-state index contributed by atoms with van der Waals surface area (Å²) in [5.41, 5.74) is 0. The summed E-state index contributed by atoms with van der Waals surface area (Å²) in [6.45, 7) is 5.41. The van der Waals surface area contributed by atoms with Gasteiger partial charge in [-0.15, -0.1) is 0 Å². The molecule has 0 saturated carbocycles. The molecule has 2 N–H and O–H groups in total. The fourth-order valence-electron chi connectivity index (χ4n) is 0.612. The maximum Gasteiger partial charge on any atom is 0.0747 e. The highest BCUT2D eigenvalue weighted by atomic mass is 127. The summed E-state index contributed by atoms with van der Waals surface area (Å²) in [7, 11) is 0. The Labute approximate surface area is 82.1 Å². The predicted molar refractivity (Wildman–Crippen MR) is 58.3 cm³/mol. The predicted octanol–water partition coefficient (Wildman–Crippen LogP) is 2.55. The fourth-order valence-corrected chi connectivity index (χ4v) is 1.06. The number of nitrogens with one attached hydrogen (secondary N) is 2. The zero-order valence-corrected chi connectivity index (χ0v) is 9.18. The van der Waals surface area contributed by atoms with Crippen LogP contribution in [-0.4, -0.2) is 12.8 Å². The van der Waals surface area contributed by atoms with Gasteiger partial charge in [-0.3, -0.25) is 0 Å². The molecule has 0 aliphatic rings. The molecule has 0 saturated heterocycles. The van der Waals surface area contributed by atoms with Crippen LogP contribution in [0.5, 0.6) is 0 Å². The van der Waals surface area contributed by atoms with Crippen LogP contribution in [0, 0.1) is 11.3 Å². The van der Waals surface area contributed by atoms with E-state index in [0.717, 1.165) is 16.2 Å². The number of hydrogen-bond acceptors (Lipinski definition) is 2. The summed E-state index contributed by atoms with van der Waals surface area (Å²) in [6, 6.07) is 0. The lowest BCUT2D eigenvalue weighted by Crippen LogP contribution is -2.12. The lowest BCUT2D eigenvalue weighted by molar-refractivity contribution is 0.570. The molecule has 0 amide bonds. The molecule has 0 heterocycles. The van der Waals surface area contributed by atoms with Crippen molar-refractivity contribution in [3.63, 3.8) is 0 Å². The standard InChI is InChI=1S/C8H15IN2/c1-7(2)4-6-11-8(9)3-5-10/h3,5,7,10-11H,4,6H2,1-2H3/b8-3-,10-5?. The number of hydrogen-bond donors (Lipinski definition) is 2. The van der Waals surface area contributed by atoms with Crippen LogP contribution in [0.1, 0.15) is 20.3 Å². The maximum absolute atomic E-state index is 6.81. The van der Waals surface area contributed by atoms with Crippen molar-refractivity contribution >= 4 is 28.8 Å². The second kappa shape index (κ2) is 6.64. The number of rotatable bonds is 5. The highest BCUT2D eigenvalue weighted by molar-refractivity contribution is 14.1. The van der Waals surface area contributed by atoms with E-state index in [-0.39, 0.29) is 0 Å². The van der Waals surface area contributed by atoms with E-state index < -0.39 is 0 Å². The molecule has 11 heavy (non-hydrogen) atoms. The van der Waals surface area contributed by atoms with Gasteiger partial charge < -0.3 is 10.7 Å². The van der Waals surface area contributed by atoms with E-state index in [2.05, 4.69) is 41.8 Å². The summed E-state index contributed by atoms with van der Waals surface area (Å²) in [5.74, 6) is 0.742. The molecule has 2 nitrogen and oxygen atoms in total. The van der Waals surface area contributed by atoms with Gasteiger partial charge in [0.15, 0.2) is 0 Å². The third kappa shape index (κ3) is 7.84. The summed E-state index contributed by atoms with van der Waals surface area (Å²) in [6.07, 6.45) is 4.23. The molecule has 0 rings (SSSR count). The molecule has 0 spiro atoms. The van der Waals surface area contributed by atoms with Gasteiger partial charge in [0.1, 0.15) is 0 Å². The lowest BCUT2D eigenvalue weighted by atomic mass is 10.1. The average Bonchev–Trinajstić information content (AvgIpc) is 1.87. The summed E-state index contributed by atoms with van der Waals surface area (Å²) >= 11 is 2.19. The number of halogens is 1. The average molecular weight is 266 g/mol. The summed E-state index contributed by atoms with van der Waals surface area (Å²) < 4.78 is 1.04. The van der Waals surface area contributed by atoms with Crippen LogP contribution < -0.4 is 5.32 Å². The SMILES string of the molecule is CC(C)CCN/C(I)=C\C=N. The number of allylic oxidation sites excluding steroid dienone is 1. The minimum absolute atomic E-state index is 0.742. The topological polar surface area (TPSA) is 35.9 Å². The molecule has 0 aliphatic heterocycles. The van der Waals surface area contributed by atoms with Crippen LogP contribution in [0.3, 0.4) is 0 Å². The summed E-state index contributed by atoms with van der Waals surface area (Å²) in [4.78, 5) is 0. The van der Waals surface area contributed by atoms with E-state index in [4.69, 9.17) is 5.41 Å². The van der Waals surface area contributed by atoms with E-state index in [0.29, 0.717) is 0 Å². The minimum atomic E-state index is 0.742. The smallest absolute Gasteiger partial charge is 0.0747 e. The monoisotopic (exact) mass is 266 g/mol. The first-order chi connectivity index (χ1) is 5.16. The minimum Gasteiger partial charge on any atom is -0.380 e. The Morgan fingerprint density at radius 2 is 2.27 bits per heavy atom. The molecular weight excluding hydrogens is 251 g/mol. The van der Waals surface area contributed by atoms with Gasteiger partial charge in [-0.05, 0) is 41.0 Å². The summed E-state index contributed by atoms with van der Waals surface area (Å²) in [5, 5.41) is 10.0. The molecule has 0 aromatic carbocycles. The quantitative estimate of drug-likeness (QED) is 0.448.